The number of rotatable bonds is 4. The van der Waals surface area contributed by atoms with Crippen LogP contribution in [0.4, 0.5) is 5.82 Å². The molecule has 0 spiro atoms. The summed E-state index contributed by atoms with van der Waals surface area (Å²) in [6.07, 6.45) is 6.36. The Bertz CT molecular complexity index is 445. The van der Waals surface area contributed by atoms with Crippen LogP contribution in [0.1, 0.15) is 36.8 Å². The number of aliphatic hydroxyl groups excluding tert-OH is 1. The van der Waals surface area contributed by atoms with E-state index in [4.69, 9.17) is 0 Å². The first-order valence-corrected chi connectivity index (χ1v) is 7.34. The van der Waals surface area contributed by atoms with Gasteiger partial charge in [0.05, 0.1) is 6.10 Å². The molecule has 4 heteroatoms. The van der Waals surface area contributed by atoms with E-state index in [-0.39, 0.29) is 6.10 Å². The van der Waals surface area contributed by atoms with Crippen LogP contribution in [-0.2, 0) is 6.54 Å². The molecule has 4 nitrogen and oxygen atoms in total. The molecule has 1 aromatic rings. The third-order valence-corrected chi connectivity index (χ3v) is 3.98. The van der Waals surface area contributed by atoms with E-state index in [1.807, 2.05) is 6.20 Å². The van der Waals surface area contributed by atoms with Gasteiger partial charge in [-0.05, 0) is 49.8 Å². The molecule has 0 amide bonds. The van der Waals surface area contributed by atoms with Gasteiger partial charge in [0.25, 0.3) is 0 Å². The standard InChI is InChI=1S/C15H23N3O/c1-11-7-12(8-16-13-4-5-13)9-17-15(11)18-6-2-3-14(19)10-18/h7,9,13-14,16,19H,2-6,8,10H2,1H3. The molecule has 0 aromatic carbocycles. The van der Waals surface area contributed by atoms with Crippen LogP contribution < -0.4 is 10.2 Å². The predicted molar refractivity (Wildman–Crippen MR) is 76.3 cm³/mol. The van der Waals surface area contributed by atoms with E-state index in [1.165, 1.54) is 24.0 Å². The fraction of sp³-hybridized carbons (Fsp3) is 0.667. The minimum absolute atomic E-state index is 0.203. The number of aryl methyl sites for hydroxylation is 1. The van der Waals surface area contributed by atoms with Gasteiger partial charge < -0.3 is 15.3 Å². The topological polar surface area (TPSA) is 48.4 Å². The molecule has 2 N–H and O–H groups in total. The summed E-state index contributed by atoms with van der Waals surface area (Å²) in [7, 11) is 0. The highest BCUT2D eigenvalue weighted by molar-refractivity contribution is 5.47. The Hall–Kier alpha value is -1.13. The first kappa shape index (κ1) is 12.9. The largest absolute Gasteiger partial charge is 0.391 e. The second-order valence-corrected chi connectivity index (χ2v) is 5.88. The number of pyridine rings is 1. The van der Waals surface area contributed by atoms with Crippen molar-refractivity contribution in [2.45, 2.75) is 51.3 Å². The fourth-order valence-corrected chi connectivity index (χ4v) is 2.75. The van der Waals surface area contributed by atoms with Crippen molar-refractivity contribution in [3.63, 3.8) is 0 Å². The van der Waals surface area contributed by atoms with Crippen LogP contribution in [0.3, 0.4) is 0 Å². The predicted octanol–water partition coefficient (Wildman–Crippen LogP) is 1.60. The molecule has 2 fully saturated rings. The Labute approximate surface area is 114 Å². The second kappa shape index (κ2) is 5.47. The number of nitrogens with one attached hydrogen (secondary N) is 1. The zero-order chi connectivity index (χ0) is 13.2. The Morgan fingerprint density at radius 2 is 2.26 bits per heavy atom. The maximum atomic E-state index is 9.76. The summed E-state index contributed by atoms with van der Waals surface area (Å²) in [6.45, 7) is 4.75. The van der Waals surface area contributed by atoms with Crippen LogP contribution in [0, 0.1) is 6.92 Å². The number of hydrogen-bond donors (Lipinski definition) is 2. The minimum atomic E-state index is -0.203. The smallest absolute Gasteiger partial charge is 0.131 e. The summed E-state index contributed by atoms with van der Waals surface area (Å²) in [4.78, 5) is 6.82. The Balaban J connectivity index is 1.67. The van der Waals surface area contributed by atoms with Crippen LogP contribution >= 0.6 is 0 Å². The molecule has 1 saturated carbocycles. The van der Waals surface area contributed by atoms with Gasteiger partial charge in [-0.1, -0.05) is 0 Å². The molecule has 0 bridgehead atoms. The lowest BCUT2D eigenvalue weighted by Crippen LogP contribution is -2.39. The van der Waals surface area contributed by atoms with Gasteiger partial charge in [-0.3, -0.25) is 0 Å². The molecular weight excluding hydrogens is 238 g/mol. The SMILES string of the molecule is Cc1cc(CNC2CC2)cnc1N1CCCC(O)C1. The van der Waals surface area contributed by atoms with Crippen molar-refractivity contribution in [3.8, 4) is 0 Å². The molecule has 1 unspecified atom stereocenters. The Morgan fingerprint density at radius 3 is 2.95 bits per heavy atom. The second-order valence-electron chi connectivity index (χ2n) is 5.88. The summed E-state index contributed by atoms with van der Waals surface area (Å²) in [5.74, 6) is 1.04. The van der Waals surface area contributed by atoms with E-state index in [0.717, 1.165) is 37.8 Å². The lowest BCUT2D eigenvalue weighted by atomic mass is 10.1. The third-order valence-electron chi connectivity index (χ3n) is 3.98. The van der Waals surface area contributed by atoms with Crippen LogP contribution in [0.5, 0.6) is 0 Å². The monoisotopic (exact) mass is 261 g/mol. The molecule has 0 radical (unpaired) electrons. The quantitative estimate of drug-likeness (QED) is 0.864. The fourth-order valence-electron chi connectivity index (χ4n) is 2.75. The van der Waals surface area contributed by atoms with Gasteiger partial charge in [-0.2, -0.15) is 0 Å². The van der Waals surface area contributed by atoms with E-state index in [1.54, 1.807) is 0 Å². The van der Waals surface area contributed by atoms with E-state index < -0.39 is 0 Å². The zero-order valence-corrected chi connectivity index (χ0v) is 11.6. The lowest BCUT2D eigenvalue weighted by molar-refractivity contribution is 0.154. The zero-order valence-electron chi connectivity index (χ0n) is 11.6. The van der Waals surface area contributed by atoms with E-state index in [2.05, 4.69) is 28.2 Å². The summed E-state index contributed by atoms with van der Waals surface area (Å²) >= 11 is 0. The van der Waals surface area contributed by atoms with E-state index >= 15 is 0 Å². The normalized spacial score (nSPS) is 23.7. The first-order valence-electron chi connectivity index (χ1n) is 7.34. The van der Waals surface area contributed by atoms with Crippen molar-refractivity contribution >= 4 is 5.82 Å². The van der Waals surface area contributed by atoms with Gasteiger partial charge in [0.15, 0.2) is 0 Å². The average molecular weight is 261 g/mol. The van der Waals surface area contributed by atoms with Crippen molar-refractivity contribution in [3.05, 3.63) is 23.4 Å². The average Bonchev–Trinajstić information content (AvgIpc) is 3.20. The van der Waals surface area contributed by atoms with Crippen molar-refractivity contribution in [1.29, 1.82) is 0 Å². The number of aliphatic hydroxyl groups is 1. The van der Waals surface area contributed by atoms with Crippen LogP contribution in [0.15, 0.2) is 12.3 Å². The van der Waals surface area contributed by atoms with Gasteiger partial charge >= 0.3 is 0 Å². The molecule has 104 valence electrons. The van der Waals surface area contributed by atoms with Crippen LogP contribution in [0.2, 0.25) is 0 Å². The Morgan fingerprint density at radius 1 is 1.42 bits per heavy atom. The third kappa shape index (κ3) is 3.25. The number of aromatic nitrogens is 1. The maximum absolute atomic E-state index is 9.76. The van der Waals surface area contributed by atoms with Crippen molar-refractivity contribution < 1.29 is 5.11 Å². The molecule has 3 rings (SSSR count). The number of β-amino-alcohol motifs (C(OH)–C–C–N with tert-alkyl or cyclic N) is 1. The highest BCUT2D eigenvalue weighted by Crippen LogP contribution is 2.23. The number of hydrogen-bond acceptors (Lipinski definition) is 4. The molecule has 2 aliphatic rings. The van der Waals surface area contributed by atoms with Crippen molar-refractivity contribution in [2.24, 2.45) is 0 Å². The van der Waals surface area contributed by atoms with Gasteiger partial charge in [0.2, 0.25) is 0 Å². The van der Waals surface area contributed by atoms with Gasteiger partial charge in [-0.25, -0.2) is 4.98 Å². The minimum Gasteiger partial charge on any atom is -0.391 e. The van der Waals surface area contributed by atoms with Crippen molar-refractivity contribution in [2.75, 3.05) is 18.0 Å². The molecule has 2 heterocycles. The summed E-state index contributed by atoms with van der Waals surface area (Å²) in [5, 5.41) is 13.3. The van der Waals surface area contributed by atoms with E-state index in [0.29, 0.717) is 6.54 Å². The van der Waals surface area contributed by atoms with Gasteiger partial charge in [-0.15, -0.1) is 0 Å². The summed E-state index contributed by atoms with van der Waals surface area (Å²) in [6, 6.07) is 2.95. The number of anilines is 1. The van der Waals surface area contributed by atoms with Crippen molar-refractivity contribution in [1.82, 2.24) is 10.3 Å². The summed E-state index contributed by atoms with van der Waals surface area (Å²) < 4.78 is 0. The van der Waals surface area contributed by atoms with Gasteiger partial charge in [0.1, 0.15) is 5.82 Å². The highest BCUT2D eigenvalue weighted by Gasteiger charge is 2.21. The molecule has 1 saturated heterocycles. The molecular formula is C15H23N3O. The van der Waals surface area contributed by atoms with E-state index in [9.17, 15) is 5.11 Å². The molecule has 1 aliphatic heterocycles. The Kier molecular flexibility index (Phi) is 3.71. The van der Waals surface area contributed by atoms with Crippen LogP contribution in [-0.4, -0.2) is 35.3 Å². The van der Waals surface area contributed by atoms with Crippen LogP contribution in [0.25, 0.3) is 0 Å². The lowest BCUT2D eigenvalue weighted by Gasteiger charge is -2.32. The molecule has 1 atom stereocenters. The first-order chi connectivity index (χ1) is 9.22. The van der Waals surface area contributed by atoms with Gasteiger partial charge in [0, 0.05) is 31.9 Å². The molecule has 19 heavy (non-hydrogen) atoms. The molecule has 1 aliphatic carbocycles. The maximum Gasteiger partial charge on any atom is 0.131 e. The molecule has 1 aromatic heterocycles. The number of nitrogens with zero attached hydrogens (tertiary/aromatic N) is 2. The number of piperidine rings is 1. The summed E-state index contributed by atoms with van der Waals surface area (Å²) in [5.41, 5.74) is 2.47. The highest BCUT2D eigenvalue weighted by atomic mass is 16.3.